The molecule has 0 spiro atoms. The lowest BCUT2D eigenvalue weighted by molar-refractivity contribution is -0.124. The van der Waals surface area contributed by atoms with Gasteiger partial charge in [-0.15, -0.1) is 0 Å². The minimum absolute atomic E-state index is 0.140. The summed E-state index contributed by atoms with van der Waals surface area (Å²) < 4.78 is 0. The molecular weight excluding hydrogens is 252 g/mol. The van der Waals surface area contributed by atoms with E-state index in [2.05, 4.69) is 28.5 Å². The van der Waals surface area contributed by atoms with E-state index in [1.165, 1.54) is 0 Å². The van der Waals surface area contributed by atoms with Crippen molar-refractivity contribution in [2.45, 2.75) is 44.2 Å². The maximum atomic E-state index is 11.8. The average molecular weight is 276 g/mol. The van der Waals surface area contributed by atoms with Crippen LogP contribution in [0.5, 0.6) is 0 Å². The first-order chi connectivity index (χ1) is 9.70. The molecule has 0 bridgehead atoms. The van der Waals surface area contributed by atoms with Crippen molar-refractivity contribution in [2.24, 2.45) is 11.8 Å². The summed E-state index contributed by atoms with van der Waals surface area (Å²) >= 11 is 0. The second-order valence-corrected chi connectivity index (χ2v) is 6.42. The van der Waals surface area contributed by atoms with E-state index in [4.69, 9.17) is 0 Å². The molecule has 0 radical (unpaired) electrons. The Kier molecular flexibility index (Phi) is 3.70. The topological polar surface area (TPSA) is 68.2 Å². The van der Waals surface area contributed by atoms with Gasteiger partial charge in [0.15, 0.2) is 0 Å². The van der Waals surface area contributed by atoms with E-state index in [0.717, 1.165) is 51.9 Å². The highest BCUT2D eigenvalue weighted by molar-refractivity contribution is 5.82. The molecule has 2 heterocycles. The number of likely N-dealkylation sites (N-methyl/N-ethyl adjacent to an activating group) is 1. The number of carbonyl (C=O) groups is 1. The molecule has 20 heavy (non-hydrogen) atoms. The van der Waals surface area contributed by atoms with E-state index >= 15 is 0 Å². The number of carbonyl (C=O) groups excluding carboxylic acids is 1. The minimum Gasteiger partial charge on any atom is -0.354 e. The first-order valence-electron chi connectivity index (χ1n) is 7.88. The van der Waals surface area contributed by atoms with Crippen molar-refractivity contribution in [2.75, 3.05) is 26.2 Å². The van der Waals surface area contributed by atoms with Crippen LogP contribution in [-0.4, -0.2) is 48.6 Å². The largest absolute Gasteiger partial charge is 0.354 e. The molecule has 3 atom stereocenters. The van der Waals surface area contributed by atoms with Gasteiger partial charge < -0.3 is 5.32 Å². The van der Waals surface area contributed by atoms with Gasteiger partial charge in [-0.1, -0.05) is 6.92 Å². The van der Waals surface area contributed by atoms with Crippen LogP contribution < -0.4 is 10.6 Å². The Labute approximate surface area is 120 Å². The predicted molar refractivity (Wildman–Crippen MR) is 75.8 cm³/mol. The van der Waals surface area contributed by atoms with Gasteiger partial charge in [0.05, 0.1) is 12.0 Å². The Hall–Kier alpha value is -1.12. The summed E-state index contributed by atoms with van der Waals surface area (Å²) in [7, 11) is 0. The molecule has 3 rings (SSSR count). The number of nitrogens with one attached hydrogen (secondary N) is 2. The second-order valence-electron chi connectivity index (χ2n) is 6.42. The van der Waals surface area contributed by atoms with Crippen LogP contribution in [0, 0.1) is 23.2 Å². The number of hydrogen-bond acceptors (Lipinski definition) is 4. The highest BCUT2D eigenvalue weighted by atomic mass is 16.2. The molecule has 0 aromatic heterocycles. The van der Waals surface area contributed by atoms with Crippen molar-refractivity contribution in [1.29, 1.82) is 5.26 Å². The third kappa shape index (κ3) is 2.32. The smallest absolute Gasteiger partial charge is 0.224 e. The number of nitrogens with zero attached hydrogens (tertiary/aromatic N) is 2. The molecule has 2 saturated heterocycles. The fourth-order valence-corrected chi connectivity index (χ4v) is 3.94. The highest BCUT2D eigenvalue weighted by Crippen LogP contribution is 2.41. The lowest BCUT2D eigenvalue weighted by Crippen LogP contribution is -2.58. The summed E-state index contributed by atoms with van der Waals surface area (Å²) in [5.41, 5.74) is -0.414. The van der Waals surface area contributed by atoms with Crippen LogP contribution in [0.25, 0.3) is 0 Å². The summed E-state index contributed by atoms with van der Waals surface area (Å²) in [5, 5.41) is 16.1. The van der Waals surface area contributed by atoms with Crippen LogP contribution in [0.2, 0.25) is 0 Å². The van der Waals surface area contributed by atoms with Crippen molar-refractivity contribution in [1.82, 2.24) is 15.5 Å². The first kappa shape index (κ1) is 13.8. The monoisotopic (exact) mass is 276 g/mol. The average Bonchev–Trinajstić information content (AvgIpc) is 3.24. The van der Waals surface area contributed by atoms with Gasteiger partial charge in [0.25, 0.3) is 0 Å². The quantitative estimate of drug-likeness (QED) is 0.766. The Morgan fingerprint density at radius 2 is 2.30 bits per heavy atom. The molecule has 5 heteroatoms. The third-order valence-electron chi connectivity index (χ3n) is 5.13. The molecule has 2 aliphatic heterocycles. The molecular formula is C15H24N4O. The number of fused-ring (bicyclic) bond motifs is 1. The number of piperidine rings is 1. The Morgan fingerprint density at radius 1 is 1.50 bits per heavy atom. The van der Waals surface area contributed by atoms with Crippen LogP contribution in [0.3, 0.4) is 0 Å². The van der Waals surface area contributed by atoms with Gasteiger partial charge in [-0.05, 0) is 44.7 Å². The van der Waals surface area contributed by atoms with Crippen LogP contribution >= 0.6 is 0 Å². The summed E-state index contributed by atoms with van der Waals surface area (Å²) in [5.74, 6) is 0.830. The second kappa shape index (κ2) is 5.34. The van der Waals surface area contributed by atoms with Gasteiger partial charge >= 0.3 is 0 Å². The summed E-state index contributed by atoms with van der Waals surface area (Å²) in [4.78, 5) is 14.2. The van der Waals surface area contributed by atoms with Crippen LogP contribution in [0.15, 0.2) is 0 Å². The molecule has 0 aromatic carbocycles. The molecule has 1 saturated carbocycles. The van der Waals surface area contributed by atoms with Crippen LogP contribution in [0.1, 0.15) is 32.6 Å². The molecule has 2 N–H and O–H groups in total. The molecule has 1 amide bonds. The molecule has 3 unspecified atom stereocenters. The summed E-state index contributed by atoms with van der Waals surface area (Å²) in [6.45, 7) is 5.41. The van der Waals surface area contributed by atoms with Crippen LogP contribution in [-0.2, 0) is 4.79 Å². The number of likely N-dealkylation sites (tertiary alicyclic amines) is 1. The lowest BCUT2D eigenvalue weighted by Gasteiger charge is -2.41. The fraction of sp³-hybridized carbons (Fsp3) is 0.867. The van der Waals surface area contributed by atoms with Gasteiger partial charge in [-0.3, -0.25) is 15.0 Å². The van der Waals surface area contributed by atoms with Crippen molar-refractivity contribution in [3.63, 3.8) is 0 Å². The molecule has 1 aliphatic carbocycles. The number of rotatable bonds is 5. The zero-order chi connectivity index (χ0) is 14.2. The normalized spacial score (nSPS) is 33.1. The van der Waals surface area contributed by atoms with Crippen molar-refractivity contribution >= 4 is 5.91 Å². The SMILES string of the molecule is CCNC(C#N)(CN1CCCC2C(=O)NCC21)C1CC1. The van der Waals surface area contributed by atoms with E-state index < -0.39 is 5.54 Å². The van der Waals surface area contributed by atoms with Crippen molar-refractivity contribution in [3.8, 4) is 6.07 Å². The molecule has 3 fully saturated rings. The third-order valence-corrected chi connectivity index (χ3v) is 5.13. The maximum absolute atomic E-state index is 11.8. The minimum atomic E-state index is -0.414. The Morgan fingerprint density at radius 3 is 2.95 bits per heavy atom. The van der Waals surface area contributed by atoms with E-state index in [9.17, 15) is 10.1 Å². The molecule has 3 aliphatic rings. The van der Waals surface area contributed by atoms with Gasteiger partial charge in [0, 0.05) is 19.1 Å². The highest BCUT2D eigenvalue weighted by Gasteiger charge is 2.49. The Bertz CT molecular complexity index is 428. The summed E-state index contributed by atoms with van der Waals surface area (Å²) in [6.07, 6.45) is 4.36. The first-order valence-corrected chi connectivity index (χ1v) is 7.88. The maximum Gasteiger partial charge on any atom is 0.224 e. The van der Waals surface area contributed by atoms with Crippen molar-refractivity contribution < 1.29 is 4.79 Å². The van der Waals surface area contributed by atoms with Gasteiger partial charge in [0.1, 0.15) is 5.54 Å². The lowest BCUT2D eigenvalue weighted by atomic mass is 9.87. The Balaban J connectivity index is 1.75. The predicted octanol–water partition coefficient (Wildman–Crippen LogP) is 0.479. The van der Waals surface area contributed by atoms with E-state index in [1.807, 2.05) is 0 Å². The van der Waals surface area contributed by atoms with Gasteiger partial charge in [0.2, 0.25) is 5.91 Å². The van der Waals surface area contributed by atoms with E-state index in [0.29, 0.717) is 12.0 Å². The van der Waals surface area contributed by atoms with Crippen LogP contribution in [0.4, 0.5) is 0 Å². The standard InChI is InChI=1S/C15H24N4O/c1-2-18-15(9-16,11-5-6-11)10-19-7-3-4-12-13(19)8-17-14(12)20/h11-13,18H,2-8,10H2,1H3,(H,17,20). The zero-order valence-electron chi connectivity index (χ0n) is 12.2. The van der Waals surface area contributed by atoms with Gasteiger partial charge in [-0.25, -0.2) is 0 Å². The van der Waals surface area contributed by atoms with E-state index in [1.54, 1.807) is 0 Å². The number of hydrogen-bond donors (Lipinski definition) is 2. The summed E-state index contributed by atoms with van der Waals surface area (Å²) in [6, 6.07) is 2.85. The molecule has 0 aromatic rings. The molecule has 5 nitrogen and oxygen atoms in total. The van der Waals surface area contributed by atoms with E-state index in [-0.39, 0.29) is 11.8 Å². The molecule has 110 valence electrons. The van der Waals surface area contributed by atoms with Gasteiger partial charge in [-0.2, -0.15) is 5.26 Å². The number of nitriles is 1. The number of amides is 1. The van der Waals surface area contributed by atoms with Crippen molar-refractivity contribution in [3.05, 3.63) is 0 Å². The zero-order valence-corrected chi connectivity index (χ0v) is 12.2. The fourth-order valence-electron chi connectivity index (χ4n) is 3.94.